The number of hydrogen-bond donors (Lipinski definition) is 1. The van der Waals surface area contributed by atoms with E-state index in [0.717, 1.165) is 5.56 Å². The molecule has 2 aliphatic rings. The molecule has 2 amide bonds. The molecule has 2 aromatic carbocycles. The van der Waals surface area contributed by atoms with Gasteiger partial charge in [-0.3, -0.25) is 24.7 Å². The number of nitrogens with one attached hydrogen (secondary N) is 1. The molecule has 206 valence electrons. The molecule has 2 aromatic rings. The van der Waals surface area contributed by atoms with Gasteiger partial charge >= 0.3 is 0 Å². The van der Waals surface area contributed by atoms with Crippen LogP contribution in [0.4, 0.5) is 0 Å². The lowest BCUT2D eigenvalue weighted by atomic mass is 9.96. The van der Waals surface area contributed by atoms with Crippen LogP contribution in [-0.4, -0.2) is 92.3 Å². The van der Waals surface area contributed by atoms with Crippen molar-refractivity contribution in [2.24, 2.45) is 0 Å². The summed E-state index contributed by atoms with van der Waals surface area (Å²) >= 11 is 12.3. The minimum atomic E-state index is -4.40. The predicted octanol–water partition coefficient (Wildman–Crippen LogP) is 2.65. The van der Waals surface area contributed by atoms with E-state index < -0.39 is 32.8 Å². The minimum Gasteiger partial charge on any atom is -0.495 e. The van der Waals surface area contributed by atoms with Crippen LogP contribution in [0, 0.1) is 0 Å². The summed E-state index contributed by atoms with van der Waals surface area (Å²) in [6.07, 6.45) is 0.108. The van der Waals surface area contributed by atoms with E-state index in [1.807, 2.05) is 13.8 Å². The lowest BCUT2D eigenvalue weighted by Gasteiger charge is -2.57. The maximum Gasteiger partial charge on any atom is 0.246 e. The number of halogens is 2. The number of sulfone groups is 1. The van der Waals surface area contributed by atoms with E-state index in [1.165, 1.54) is 35.1 Å². The van der Waals surface area contributed by atoms with Crippen molar-refractivity contribution < 1.29 is 22.7 Å². The lowest BCUT2D eigenvalue weighted by molar-refractivity contribution is -0.169. The van der Waals surface area contributed by atoms with Gasteiger partial charge in [0.15, 0.2) is 0 Å². The van der Waals surface area contributed by atoms with E-state index in [1.54, 1.807) is 43.3 Å². The predicted molar refractivity (Wildman–Crippen MR) is 146 cm³/mol. The summed E-state index contributed by atoms with van der Waals surface area (Å²) in [5.41, 5.74) is 0.741. The second-order valence-corrected chi connectivity index (χ2v) is 13.1. The highest BCUT2D eigenvalue weighted by molar-refractivity contribution is 7.93. The van der Waals surface area contributed by atoms with Crippen LogP contribution in [0.15, 0.2) is 47.4 Å². The molecule has 0 aliphatic carbocycles. The number of hydrogen-bond acceptors (Lipinski definition) is 7. The number of nitrogens with zero attached hydrogens (tertiary/aromatic N) is 3. The Morgan fingerprint density at radius 1 is 1.08 bits per heavy atom. The first-order valence-electron chi connectivity index (χ1n) is 12.2. The zero-order valence-corrected chi connectivity index (χ0v) is 24.3. The molecule has 12 heteroatoms. The average Bonchev–Trinajstić information content (AvgIpc) is 2.86. The molecule has 0 bridgehead atoms. The van der Waals surface area contributed by atoms with Gasteiger partial charge in [-0.1, -0.05) is 35.3 Å². The van der Waals surface area contributed by atoms with Crippen molar-refractivity contribution in [1.29, 1.82) is 0 Å². The Morgan fingerprint density at radius 3 is 2.29 bits per heavy atom. The number of rotatable bonds is 7. The summed E-state index contributed by atoms with van der Waals surface area (Å²) in [6.45, 7) is 3.45. The molecular formula is C26H32Cl2N4O5S. The zero-order valence-electron chi connectivity index (χ0n) is 21.9. The van der Waals surface area contributed by atoms with E-state index in [-0.39, 0.29) is 47.1 Å². The number of carbonyl (C=O) groups is 2. The van der Waals surface area contributed by atoms with Crippen molar-refractivity contribution in [2.75, 3.05) is 34.3 Å². The van der Waals surface area contributed by atoms with Gasteiger partial charge in [0, 0.05) is 29.1 Å². The van der Waals surface area contributed by atoms with Gasteiger partial charge in [-0.15, -0.1) is 0 Å². The number of fused-ring (bicyclic) bond motifs is 1. The van der Waals surface area contributed by atoms with Crippen LogP contribution in [0.1, 0.15) is 19.4 Å². The van der Waals surface area contributed by atoms with Gasteiger partial charge in [0.2, 0.25) is 26.6 Å². The topological polar surface area (TPSA) is 99.3 Å². The highest BCUT2D eigenvalue weighted by Crippen LogP contribution is 2.41. The Hall–Kier alpha value is -2.37. The van der Waals surface area contributed by atoms with E-state index >= 15 is 0 Å². The fraction of sp³-hybridized carbons (Fsp3) is 0.462. The summed E-state index contributed by atoms with van der Waals surface area (Å²) in [5.74, 6) is -0.683. The average molecular weight is 584 g/mol. The quantitative estimate of drug-likeness (QED) is 0.535. The molecule has 0 radical (unpaired) electrons. The smallest absolute Gasteiger partial charge is 0.246 e. The number of ether oxygens (including phenoxy) is 1. The summed E-state index contributed by atoms with van der Waals surface area (Å²) < 4.78 is 34.7. The van der Waals surface area contributed by atoms with Crippen molar-refractivity contribution in [2.45, 2.75) is 48.3 Å². The summed E-state index contributed by atoms with van der Waals surface area (Å²) in [6, 6.07) is 9.17. The van der Waals surface area contributed by atoms with Crippen LogP contribution in [-0.2, 0) is 25.8 Å². The van der Waals surface area contributed by atoms with Crippen LogP contribution in [0.2, 0.25) is 10.0 Å². The van der Waals surface area contributed by atoms with Crippen LogP contribution >= 0.6 is 23.2 Å². The Kier molecular flexibility index (Phi) is 8.03. The number of carbonyl (C=O) groups excluding carboxylic acids is 2. The second-order valence-electron chi connectivity index (χ2n) is 10.1. The number of amides is 2. The van der Waals surface area contributed by atoms with Crippen LogP contribution in [0.25, 0.3) is 0 Å². The summed E-state index contributed by atoms with van der Waals surface area (Å²) in [4.78, 5) is 30.4. The van der Waals surface area contributed by atoms with E-state index in [2.05, 4.69) is 5.32 Å². The molecule has 38 heavy (non-hydrogen) atoms. The SMILES string of the molecule is COc1ccc(Cl)cc1S(=O)(=O)C12CN(C(C)C)C(=O)C(Cc3ccc(Cl)cc3)N1C(=O)C(N(C)C)CN2. The Morgan fingerprint density at radius 2 is 1.71 bits per heavy atom. The highest BCUT2D eigenvalue weighted by Gasteiger charge is 2.64. The van der Waals surface area contributed by atoms with Gasteiger partial charge < -0.3 is 9.64 Å². The molecule has 1 N–H and O–H groups in total. The fourth-order valence-electron chi connectivity index (χ4n) is 5.13. The zero-order chi connectivity index (χ0) is 28.0. The molecular weight excluding hydrogens is 551 g/mol. The second kappa shape index (κ2) is 10.7. The van der Waals surface area contributed by atoms with E-state index in [4.69, 9.17) is 27.9 Å². The van der Waals surface area contributed by atoms with Gasteiger partial charge in [-0.2, -0.15) is 0 Å². The Labute approximate surface area is 233 Å². The third-order valence-electron chi connectivity index (χ3n) is 7.20. The maximum absolute atomic E-state index is 14.7. The highest BCUT2D eigenvalue weighted by atomic mass is 35.5. The van der Waals surface area contributed by atoms with Gasteiger partial charge in [0.25, 0.3) is 0 Å². The third-order valence-corrected chi connectivity index (χ3v) is 9.94. The van der Waals surface area contributed by atoms with E-state index in [9.17, 15) is 18.0 Å². The Balaban J connectivity index is 1.96. The van der Waals surface area contributed by atoms with Crippen LogP contribution < -0.4 is 10.1 Å². The number of likely N-dealkylation sites (N-methyl/N-ethyl adjacent to an activating group) is 1. The molecule has 2 heterocycles. The molecule has 0 aromatic heterocycles. The maximum atomic E-state index is 14.7. The molecule has 2 fully saturated rings. The van der Waals surface area contributed by atoms with Crippen molar-refractivity contribution in [1.82, 2.24) is 20.0 Å². The first-order chi connectivity index (χ1) is 17.8. The largest absolute Gasteiger partial charge is 0.495 e. The first-order valence-corrected chi connectivity index (χ1v) is 14.5. The first kappa shape index (κ1) is 28.6. The van der Waals surface area contributed by atoms with Crippen molar-refractivity contribution >= 4 is 44.9 Å². The van der Waals surface area contributed by atoms with Crippen molar-refractivity contribution in [3.05, 3.63) is 58.1 Å². The molecule has 0 spiro atoms. The standard InChI is InChI=1S/C26H32Cl2N4O5S/c1-16(2)31-15-26(38(35,36)23-13-19(28)10-11-22(23)37-5)29-14-21(30(3)4)25(34)32(26)20(24(31)33)12-17-6-8-18(27)9-7-17/h6-11,13,16,20-21,29H,12,14-15H2,1-5H3. The van der Waals surface area contributed by atoms with Gasteiger partial charge in [0.1, 0.15) is 22.7 Å². The van der Waals surface area contributed by atoms with Crippen molar-refractivity contribution in [3.8, 4) is 5.75 Å². The van der Waals surface area contributed by atoms with Crippen LogP contribution in [0.3, 0.4) is 0 Å². The van der Waals surface area contributed by atoms with E-state index in [0.29, 0.717) is 5.02 Å². The van der Waals surface area contributed by atoms with Crippen LogP contribution in [0.5, 0.6) is 5.75 Å². The summed E-state index contributed by atoms with van der Waals surface area (Å²) in [7, 11) is 0.451. The van der Waals surface area contributed by atoms with Crippen molar-refractivity contribution in [3.63, 3.8) is 0 Å². The van der Waals surface area contributed by atoms with Gasteiger partial charge in [0.05, 0.1) is 13.7 Å². The van der Waals surface area contributed by atoms with Gasteiger partial charge in [-0.25, -0.2) is 8.42 Å². The number of methoxy groups -OCH3 is 1. The molecule has 2 aliphatic heterocycles. The minimum absolute atomic E-state index is 0.0677. The summed E-state index contributed by atoms with van der Waals surface area (Å²) in [5, 5.41) is 3.93. The number of piperazine rings is 1. The monoisotopic (exact) mass is 582 g/mol. The van der Waals surface area contributed by atoms with Gasteiger partial charge in [-0.05, 0) is 63.8 Å². The lowest BCUT2D eigenvalue weighted by Crippen LogP contribution is -2.83. The normalized spacial score (nSPS) is 24.2. The third kappa shape index (κ3) is 4.77. The molecule has 0 saturated carbocycles. The molecule has 9 nitrogen and oxygen atoms in total. The fourth-order valence-corrected chi connectivity index (χ4v) is 7.61. The molecule has 3 atom stereocenters. The number of benzene rings is 2. The Bertz CT molecular complexity index is 1340. The molecule has 4 rings (SSSR count). The molecule has 3 unspecified atom stereocenters. The molecule has 2 saturated heterocycles.